The maximum absolute atomic E-state index is 14.0. The van der Waals surface area contributed by atoms with Gasteiger partial charge < -0.3 is 10.3 Å². The van der Waals surface area contributed by atoms with Crippen LogP contribution in [0.2, 0.25) is 0 Å². The molecular weight excluding hydrogens is 243 g/mol. The minimum atomic E-state index is -0.327. The molecule has 0 aliphatic heterocycles. The van der Waals surface area contributed by atoms with E-state index in [-0.39, 0.29) is 5.82 Å². The van der Waals surface area contributed by atoms with Gasteiger partial charge in [0.15, 0.2) is 0 Å². The molecule has 0 atom stereocenters. The Bertz CT molecular complexity index is 748. The first-order valence-electron chi connectivity index (χ1n) is 6.06. The van der Waals surface area contributed by atoms with Crippen molar-refractivity contribution in [3.63, 3.8) is 0 Å². The molecule has 96 valence electrons. The summed E-state index contributed by atoms with van der Waals surface area (Å²) in [7, 11) is 0. The first-order valence-corrected chi connectivity index (χ1v) is 6.06. The molecule has 0 bridgehead atoms. The van der Waals surface area contributed by atoms with Gasteiger partial charge in [0.25, 0.3) is 0 Å². The molecule has 19 heavy (non-hydrogen) atoms. The zero-order chi connectivity index (χ0) is 13.4. The van der Waals surface area contributed by atoms with Gasteiger partial charge in [-0.3, -0.25) is 4.98 Å². The molecule has 3 rings (SSSR count). The second kappa shape index (κ2) is 4.35. The predicted octanol–water partition coefficient (Wildman–Crippen LogP) is 2.84. The van der Waals surface area contributed by atoms with Gasteiger partial charge in [-0.25, -0.2) is 9.37 Å². The van der Waals surface area contributed by atoms with E-state index >= 15 is 0 Å². The standard InChI is InChI=1S/C14H13FN4/c1-2-19-13-5-6-17-8-12(13)18-14(19)10-7-9(16)3-4-11(10)15/h3-8H,2,16H2,1H3. The van der Waals surface area contributed by atoms with Gasteiger partial charge >= 0.3 is 0 Å². The third-order valence-corrected chi connectivity index (χ3v) is 3.10. The number of aryl methyl sites for hydroxylation is 1. The lowest BCUT2D eigenvalue weighted by Crippen LogP contribution is -2.00. The highest BCUT2D eigenvalue weighted by atomic mass is 19.1. The summed E-state index contributed by atoms with van der Waals surface area (Å²) < 4.78 is 15.9. The van der Waals surface area contributed by atoms with Crippen LogP contribution in [0.1, 0.15) is 6.92 Å². The lowest BCUT2D eigenvalue weighted by Gasteiger charge is -2.07. The molecule has 0 amide bonds. The smallest absolute Gasteiger partial charge is 0.144 e. The number of nitrogen functional groups attached to an aromatic ring is 1. The van der Waals surface area contributed by atoms with E-state index < -0.39 is 0 Å². The summed E-state index contributed by atoms with van der Waals surface area (Å²) in [4.78, 5) is 8.50. The highest BCUT2D eigenvalue weighted by Gasteiger charge is 2.15. The molecule has 4 nitrogen and oxygen atoms in total. The van der Waals surface area contributed by atoms with Crippen LogP contribution >= 0.6 is 0 Å². The summed E-state index contributed by atoms with van der Waals surface area (Å²) in [5.41, 5.74) is 8.36. The number of hydrogen-bond donors (Lipinski definition) is 1. The van der Waals surface area contributed by atoms with Gasteiger partial charge in [0.1, 0.15) is 17.2 Å². The number of hydrogen-bond acceptors (Lipinski definition) is 3. The molecule has 1 aromatic carbocycles. The number of imidazole rings is 1. The molecule has 0 fully saturated rings. The van der Waals surface area contributed by atoms with Crippen LogP contribution in [0, 0.1) is 5.82 Å². The number of nitrogens with two attached hydrogens (primary N) is 1. The Hall–Kier alpha value is -2.43. The van der Waals surface area contributed by atoms with Crippen LogP contribution in [0.15, 0.2) is 36.7 Å². The average Bonchev–Trinajstić information content (AvgIpc) is 2.79. The Morgan fingerprint density at radius 1 is 1.32 bits per heavy atom. The van der Waals surface area contributed by atoms with Gasteiger partial charge in [-0.2, -0.15) is 0 Å². The van der Waals surface area contributed by atoms with E-state index in [1.54, 1.807) is 24.5 Å². The quantitative estimate of drug-likeness (QED) is 0.717. The zero-order valence-corrected chi connectivity index (χ0v) is 10.5. The highest BCUT2D eigenvalue weighted by molar-refractivity contribution is 5.80. The number of fused-ring (bicyclic) bond motifs is 1. The summed E-state index contributed by atoms with van der Waals surface area (Å²) >= 11 is 0. The predicted molar refractivity (Wildman–Crippen MR) is 73.0 cm³/mol. The molecule has 0 saturated carbocycles. The Morgan fingerprint density at radius 3 is 2.95 bits per heavy atom. The highest BCUT2D eigenvalue weighted by Crippen LogP contribution is 2.27. The molecule has 0 radical (unpaired) electrons. The second-order valence-electron chi connectivity index (χ2n) is 4.28. The van der Waals surface area contributed by atoms with E-state index in [1.165, 1.54) is 6.07 Å². The average molecular weight is 256 g/mol. The lowest BCUT2D eigenvalue weighted by atomic mass is 10.1. The number of aromatic nitrogens is 3. The van der Waals surface area contributed by atoms with Gasteiger partial charge in [0.05, 0.1) is 17.3 Å². The summed E-state index contributed by atoms with van der Waals surface area (Å²) in [6, 6.07) is 6.39. The summed E-state index contributed by atoms with van der Waals surface area (Å²) in [6.07, 6.45) is 3.38. The molecule has 0 aliphatic carbocycles. The van der Waals surface area contributed by atoms with Crippen molar-refractivity contribution in [2.75, 3.05) is 5.73 Å². The Balaban J connectivity index is 2.33. The molecule has 0 saturated heterocycles. The van der Waals surface area contributed by atoms with Crippen LogP contribution in [-0.4, -0.2) is 14.5 Å². The number of benzene rings is 1. The van der Waals surface area contributed by atoms with Crippen LogP contribution in [0.5, 0.6) is 0 Å². The Labute approximate surface area is 109 Å². The van der Waals surface area contributed by atoms with Crippen molar-refractivity contribution in [1.82, 2.24) is 14.5 Å². The fourth-order valence-electron chi connectivity index (χ4n) is 2.22. The van der Waals surface area contributed by atoms with Crippen LogP contribution in [-0.2, 0) is 6.54 Å². The zero-order valence-electron chi connectivity index (χ0n) is 10.5. The fraction of sp³-hybridized carbons (Fsp3) is 0.143. The van der Waals surface area contributed by atoms with E-state index in [9.17, 15) is 4.39 Å². The minimum absolute atomic E-state index is 0.327. The number of rotatable bonds is 2. The molecule has 0 aliphatic rings. The van der Waals surface area contributed by atoms with E-state index in [4.69, 9.17) is 5.73 Å². The lowest BCUT2D eigenvalue weighted by molar-refractivity contribution is 0.628. The molecule has 5 heteroatoms. The van der Waals surface area contributed by atoms with Crippen molar-refractivity contribution in [3.8, 4) is 11.4 Å². The van der Waals surface area contributed by atoms with Crippen LogP contribution < -0.4 is 5.73 Å². The van der Waals surface area contributed by atoms with Crippen molar-refractivity contribution in [1.29, 1.82) is 0 Å². The molecule has 0 spiro atoms. The second-order valence-corrected chi connectivity index (χ2v) is 4.28. The minimum Gasteiger partial charge on any atom is -0.399 e. The first-order chi connectivity index (χ1) is 9.20. The summed E-state index contributed by atoms with van der Waals surface area (Å²) in [6.45, 7) is 2.69. The van der Waals surface area contributed by atoms with Crippen molar-refractivity contribution in [2.45, 2.75) is 13.5 Å². The molecule has 3 aromatic rings. The maximum atomic E-state index is 14.0. The number of halogens is 1. The maximum Gasteiger partial charge on any atom is 0.144 e. The molecular formula is C14H13FN4. The van der Waals surface area contributed by atoms with Gasteiger partial charge in [0.2, 0.25) is 0 Å². The summed E-state index contributed by atoms with van der Waals surface area (Å²) in [5, 5.41) is 0. The molecule has 0 unspecified atom stereocenters. The van der Waals surface area contributed by atoms with Crippen LogP contribution in [0.25, 0.3) is 22.4 Å². The van der Waals surface area contributed by atoms with Crippen molar-refractivity contribution >= 4 is 16.7 Å². The first kappa shape index (κ1) is 11.6. The topological polar surface area (TPSA) is 56.7 Å². The van der Waals surface area contributed by atoms with E-state index in [0.717, 1.165) is 11.0 Å². The normalized spacial score (nSPS) is 11.1. The van der Waals surface area contributed by atoms with Gasteiger partial charge in [-0.15, -0.1) is 0 Å². The third-order valence-electron chi connectivity index (χ3n) is 3.10. The Morgan fingerprint density at radius 2 is 2.16 bits per heavy atom. The van der Waals surface area contributed by atoms with Crippen molar-refractivity contribution < 1.29 is 4.39 Å². The van der Waals surface area contributed by atoms with E-state index in [0.29, 0.717) is 23.6 Å². The number of anilines is 1. The number of pyridine rings is 1. The van der Waals surface area contributed by atoms with Crippen LogP contribution in [0.4, 0.5) is 10.1 Å². The van der Waals surface area contributed by atoms with Crippen molar-refractivity contribution in [3.05, 3.63) is 42.5 Å². The largest absolute Gasteiger partial charge is 0.399 e. The van der Waals surface area contributed by atoms with Crippen molar-refractivity contribution in [2.24, 2.45) is 0 Å². The summed E-state index contributed by atoms with van der Waals surface area (Å²) in [5.74, 6) is 0.252. The van der Waals surface area contributed by atoms with Gasteiger partial charge in [-0.1, -0.05) is 0 Å². The monoisotopic (exact) mass is 256 g/mol. The van der Waals surface area contributed by atoms with Crippen LogP contribution in [0.3, 0.4) is 0 Å². The SMILES string of the molecule is CCn1c(-c2cc(N)ccc2F)nc2cnccc21. The van der Waals surface area contributed by atoms with E-state index in [1.807, 2.05) is 17.6 Å². The Kier molecular flexibility index (Phi) is 2.67. The van der Waals surface area contributed by atoms with Gasteiger partial charge in [-0.05, 0) is 31.2 Å². The molecule has 2 heterocycles. The third kappa shape index (κ3) is 1.83. The molecule has 2 N–H and O–H groups in total. The van der Waals surface area contributed by atoms with Gasteiger partial charge in [0, 0.05) is 18.4 Å². The van der Waals surface area contributed by atoms with E-state index in [2.05, 4.69) is 9.97 Å². The molecule has 2 aromatic heterocycles. The number of nitrogens with zero attached hydrogens (tertiary/aromatic N) is 3. The fourth-order valence-corrected chi connectivity index (χ4v) is 2.22.